The van der Waals surface area contributed by atoms with Gasteiger partial charge in [0.1, 0.15) is 6.61 Å². The van der Waals surface area contributed by atoms with E-state index >= 15 is 0 Å². The van der Waals surface area contributed by atoms with Crippen LogP contribution in [0.1, 0.15) is 5.56 Å². The molecule has 0 spiro atoms. The van der Waals surface area contributed by atoms with E-state index in [1.54, 1.807) is 0 Å². The lowest BCUT2D eigenvalue weighted by molar-refractivity contribution is -0.199. The van der Waals surface area contributed by atoms with E-state index in [4.69, 9.17) is 0 Å². The molecule has 0 aliphatic carbocycles. The van der Waals surface area contributed by atoms with Crippen molar-refractivity contribution >= 4 is 5.97 Å². The summed E-state index contributed by atoms with van der Waals surface area (Å²) in [6.07, 6.45) is -4.92. The highest BCUT2D eigenvalue weighted by molar-refractivity contribution is 5.75. The maximum absolute atomic E-state index is 11.7. The molecule has 1 aromatic rings. The molecule has 0 atom stereocenters. The average molecular weight is 247 g/mol. The monoisotopic (exact) mass is 247 g/mol. The molecule has 6 heteroatoms. The molecule has 0 aromatic heterocycles. The average Bonchev–Trinajstić information content (AvgIpc) is 2.28. The summed E-state index contributed by atoms with van der Waals surface area (Å²) in [5.41, 5.74) is 1.01. The highest BCUT2D eigenvalue weighted by Crippen LogP contribution is 2.15. The van der Waals surface area contributed by atoms with Crippen LogP contribution in [0.5, 0.6) is 0 Å². The SMILES string of the molecule is O=C(OCCNCc1ccccc1)C(F)(F)F. The third kappa shape index (κ3) is 5.35. The number of ether oxygens (including phenoxy) is 1. The molecule has 0 bridgehead atoms. The topological polar surface area (TPSA) is 38.3 Å². The molecule has 17 heavy (non-hydrogen) atoms. The lowest BCUT2D eigenvalue weighted by Gasteiger charge is -2.08. The first-order valence-corrected chi connectivity index (χ1v) is 4.99. The third-order valence-electron chi connectivity index (χ3n) is 1.92. The van der Waals surface area contributed by atoms with Crippen molar-refractivity contribution in [2.24, 2.45) is 0 Å². The van der Waals surface area contributed by atoms with Crippen LogP contribution < -0.4 is 5.32 Å². The highest BCUT2D eigenvalue weighted by atomic mass is 19.4. The van der Waals surface area contributed by atoms with Gasteiger partial charge in [0.05, 0.1) is 0 Å². The van der Waals surface area contributed by atoms with Crippen LogP contribution in [0, 0.1) is 0 Å². The minimum atomic E-state index is -4.92. The standard InChI is InChI=1S/C11H12F3NO2/c12-11(13,14)10(16)17-7-6-15-8-9-4-2-1-3-5-9/h1-5,15H,6-8H2. The number of alkyl halides is 3. The number of carbonyl (C=O) groups excluding carboxylic acids is 1. The summed E-state index contributed by atoms with van der Waals surface area (Å²) >= 11 is 0. The van der Waals surface area contributed by atoms with Crippen molar-refractivity contribution in [2.45, 2.75) is 12.7 Å². The first-order chi connectivity index (χ1) is 8.00. The van der Waals surface area contributed by atoms with E-state index in [1.165, 1.54) is 0 Å². The molecule has 0 heterocycles. The van der Waals surface area contributed by atoms with Gasteiger partial charge in [0.2, 0.25) is 0 Å². The molecule has 1 aromatic carbocycles. The zero-order valence-electron chi connectivity index (χ0n) is 8.96. The number of carbonyl (C=O) groups is 1. The highest BCUT2D eigenvalue weighted by Gasteiger charge is 2.40. The minimum absolute atomic E-state index is 0.177. The minimum Gasteiger partial charge on any atom is -0.458 e. The number of halogens is 3. The summed E-state index contributed by atoms with van der Waals surface area (Å²) in [4.78, 5) is 10.3. The van der Waals surface area contributed by atoms with Crippen LogP contribution >= 0.6 is 0 Å². The fourth-order valence-electron chi connectivity index (χ4n) is 1.13. The summed E-state index contributed by atoms with van der Waals surface area (Å²) in [5.74, 6) is -2.15. The maximum atomic E-state index is 11.7. The fourth-order valence-corrected chi connectivity index (χ4v) is 1.13. The Balaban J connectivity index is 2.12. The van der Waals surface area contributed by atoms with Gasteiger partial charge in [0.15, 0.2) is 0 Å². The van der Waals surface area contributed by atoms with Gasteiger partial charge in [0.25, 0.3) is 0 Å². The molecule has 0 aliphatic rings. The summed E-state index contributed by atoms with van der Waals surface area (Å²) in [5, 5.41) is 2.86. The van der Waals surface area contributed by atoms with Gasteiger partial charge in [-0.25, -0.2) is 4.79 Å². The summed E-state index contributed by atoms with van der Waals surface area (Å²) in [6, 6.07) is 9.36. The summed E-state index contributed by atoms with van der Waals surface area (Å²) in [6.45, 7) is 0.395. The van der Waals surface area contributed by atoms with Crippen LogP contribution in [0.25, 0.3) is 0 Å². The van der Waals surface area contributed by atoms with E-state index in [0.717, 1.165) is 5.56 Å². The molecule has 0 fully saturated rings. The van der Waals surface area contributed by atoms with Crippen molar-refractivity contribution in [3.63, 3.8) is 0 Å². The van der Waals surface area contributed by atoms with E-state index in [9.17, 15) is 18.0 Å². The zero-order valence-corrected chi connectivity index (χ0v) is 8.96. The Morgan fingerprint density at radius 1 is 1.24 bits per heavy atom. The van der Waals surface area contributed by atoms with Gasteiger partial charge in [0, 0.05) is 13.1 Å². The molecule has 0 radical (unpaired) electrons. The predicted molar refractivity (Wildman–Crippen MR) is 55.2 cm³/mol. The Morgan fingerprint density at radius 2 is 1.88 bits per heavy atom. The molecule has 0 unspecified atom stereocenters. The molecule has 0 saturated heterocycles. The lowest BCUT2D eigenvalue weighted by Crippen LogP contribution is -2.29. The molecule has 3 nitrogen and oxygen atoms in total. The third-order valence-corrected chi connectivity index (χ3v) is 1.92. The van der Waals surface area contributed by atoms with E-state index in [1.807, 2.05) is 30.3 Å². The molecular weight excluding hydrogens is 235 g/mol. The van der Waals surface area contributed by atoms with Gasteiger partial charge in [-0.15, -0.1) is 0 Å². The van der Waals surface area contributed by atoms with Gasteiger partial charge in [-0.2, -0.15) is 13.2 Å². The summed E-state index contributed by atoms with van der Waals surface area (Å²) in [7, 11) is 0. The van der Waals surface area contributed by atoms with Gasteiger partial charge in [-0.1, -0.05) is 30.3 Å². The molecule has 1 N–H and O–H groups in total. The Labute approximate surface area is 96.6 Å². The maximum Gasteiger partial charge on any atom is 0.490 e. The van der Waals surface area contributed by atoms with Crippen molar-refractivity contribution in [1.82, 2.24) is 5.32 Å². The first-order valence-electron chi connectivity index (χ1n) is 4.99. The molecule has 0 saturated carbocycles. The van der Waals surface area contributed by atoms with Gasteiger partial charge >= 0.3 is 12.1 Å². The van der Waals surface area contributed by atoms with Crippen LogP contribution in [-0.4, -0.2) is 25.3 Å². The van der Waals surface area contributed by atoms with Crippen molar-refractivity contribution in [3.05, 3.63) is 35.9 Å². The second kappa shape index (κ2) is 6.24. The van der Waals surface area contributed by atoms with Gasteiger partial charge in [-0.3, -0.25) is 0 Å². The normalized spacial score (nSPS) is 11.2. The van der Waals surface area contributed by atoms with E-state index in [2.05, 4.69) is 10.1 Å². The molecule has 1 rings (SSSR count). The van der Waals surface area contributed by atoms with E-state index < -0.39 is 12.1 Å². The molecule has 0 aliphatic heterocycles. The van der Waals surface area contributed by atoms with Crippen molar-refractivity contribution in [2.75, 3.05) is 13.2 Å². The molecule has 0 amide bonds. The fraction of sp³-hybridized carbons (Fsp3) is 0.364. The van der Waals surface area contributed by atoms with Crippen LogP contribution in [0.3, 0.4) is 0 Å². The van der Waals surface area contributed by atoms with Crippen molar-refractivity contribution in [3.8, 4) is 0 Å². The molecule has 94 valence electrons. The second-order valence-electron chi connectivity index (χ2n) is 3.30. The number of rotatable bonds is 5. The smallest absolute Gasteiger partial charge is 0.458 e. The van der Waals surface area contributed by atoms with Crippen LogP contribution in [0.15, 0.2) is 30.3 Å². The first kappa shape index (κ1) is 13.5. The Kier molecular flexibility index (Phi) is 4.96. The number of hydrogen-bond acceptors (Lipinski definition) is 3. The van der Waals surface area contributed by atoms with Crippen molar-refractivity contribution in [1.29, 1.82) is 0 Å². The lowest BCUT2D eigenvalue weighted by atomic mass is 10.2. The zero-order chi connectivity index (χ0) is 12.7. The Hall–Kier alpha value is -1.56. The van der Waals surface area contributed by atoms with E-state index in [-0.39, 0.29) is 13.2 Å². The number of esters is 1. The molecular formula is C11H12F3NO2. The number of benzene rings is 1. The number of hydrogen-bond donors (Lipinski definition) is 1. The van der Waals surface area contributed by atoms with Crippen LogP contribution in [0.2, 0.25) is 0 Å². The largest absolute Gasteiger partial charge is 0.490 e. The Bertz CT molecular complexity index is 351. The van der Waals surface area contributed by atoms with Crippen LogP contribution in [0.4, 0.5) is 13.2 Å². The van der Waals surface area contributed by atoms with E-state index in [0.29, 0.717) is 6.54 Å². The van der Waals surface area contributed by atoms with Gasteiger partial charge < -0.3 is 10.1 Å². The van der Waals surface area contributed by atoms with Crippen LogP contribution in [-0.2, 0) is 16.1 Å². The van der Waals surface area contributed by atoms with Crippen molar-refractivity contribution < 1.29 is 22.7 Å². The summed E-state index contributed by atoms with van der Waals surface area (Å²) < 4.78 is 39.2. The predicted octanol–water partition coefficient (Wildman–Crippen LogP) is 1.88. The second-order valence-corrected chi connectivity index (χ2v) is 3.30. The Morgan fingerprint density at radius 3 is 2.47 bits per heavy atom. The quantitative estimate of drug-likeness (QED) is 0.637. The number of nitrogens with one attached hydrogen (secondary N) is 1. The van der Waals surface area contributed by atoms with Gasteiger partial charge in [-0.05, 0) is 5.56 Å².